The second kappa shape index (κ2) is 2.27. The Labute approximate surface area is 63.8 Å². The van der Waals surface area contributed by atoms with Crippen molar-refractivity contribution in [2.75, 3.05) is 6.54 Å². The molecule has 0 atom stereocenters. The molecule has 0 fully saturated rings. The Kier molecular flexibility index (Phi) is 1.28. The fraction of sp³-hybridized carbons (Fsp3) is 0.125. The highest BCUT2D eigenvalue weighted by atomic mass is 16.1. The first-order chi connectivity index (χ1) is 5.38. The quantitative estimate of drug-likeness (QED) is 0.551. The van der Waals surface area contributed by atoms with Crippen LogP contribution in [0.2, 0.25) is 0 Å². The maximum Gasteiger partial charge on any atom is 0.188 e. The molecule has 0 radical (unpaired) electrons. The molecule has 0 N–H and O–H groups in total. The van der Waals surface area contributed by atoms with E-state index < -0.39 is 0 Å². The van der Waals surface area contributed by atoms with Crippen LogP contribution in [0.5, 0.6) is 0 Å². The maximum absolute atomic E-state index is 11.1. The van der Waals surface area contributed by atoms with E-state index in [1.165, 1.54) is 0 Å². The Balaban J connectivity index is 2.63. The number of Topliss-reactive ketones (excluding diaryl/α,β-unsaturated/α-hetero) is 1. The average Bonchev–Trinajstić information content (AvgIpc) is 2.06. The number of rotatable bonds is 0. The van der Waals surface area contributed by atoms with Crippen LogP contribution < -0.4 is 0 Å². The molecule has 54 valence electrons. The third-order valence-corrected chi connectivity index (χ3v) is 1.60. The van der Waals surface area contributed by atoms with Crippen LogP contribution in [0, 0.1) is 0 Å². The molecule has 1 aromatic rings. The van der Waals surface area contributed by atoms with Gasteiger partial charge in [-0.15, -0.1) is 0 Å². The molecule has 3 nitrogen and oxygen atoms in total. The van der Waals surface area contributed by atoms with Crippen LogP contribution in [0.15, 0.2) is 34.5 Å². The fourth-order valence-electron chi connectivity index (χ4n) is 1.06. The molecule has 1 aliphatic heterocycles. The number of hydrogen-bond donors (Lipinski definition) is 0. The average molecular weight is 146 g/mol. The molecule has 0 spiro atoms. The van der Waals surface area contributed by atoms with Crippen molar-refractivity contribution < 1.29 is 4.79 Å². The molecule has 0 amide bonds. The van der Waals surface area contributed by atoms with Crippen molar-refractivity contribution in [3.8, 4) is 0 Å². The Bertz CT molecular complexity index is 331. The SMILES string of the molecule is O=C1CN=Nc2ccccc21. The van der Waals surface area contributed by atoms with Crippen molar-refractivity contribution >= 4 is 11.5 Å². The van der Waals surface area contributed by atoms with Gasteiger partial charge in [-0.1, -0.05) is 12.1 Å². The Hall–Kier alpha value is -1.51. The van der Waals surface area contributed by atoms with E-state index >= 15 is 0 Å². The lowest BCUT2D eigenvalue weighted by Gasteiger charge is -2.05. The number of benzene rings is 1. The molecule has 11 heavy (non-hydrogen) atoms. The summed E-state index contributed by atoms with van der Waals surface area (Å²) < 4.78 is 0. The topological polar surface area (TPSA) is 41.8 Å². The summed E-state index contributed by atoms with van der Waals surface area (Å²) in [6.07, 6.45) is 0. The Morgan fingerprint density at radius 3 is 2.91 bits per heavy atom. The van der Waals surface area contributed by atoms with Gasteiger partial charge >= 0.3 is 0 Å². The highest BCUT2D eigenvalue weighted by Gasteiger charge is 2.13. The highest BCUT2D eigenvalue weighted by Crippen LogP contribution is 2.22. The molecule has 1 heterocycles. The summed E-state index contributed by atoms with van der Waals surface area (Å²) in [7, 11) is 0. The molecule has 2 rings (SSSR count). The molecule has 0 aromatic heterocycles. The standard InChI is InChI=1S/C8H6N2O/c11-8-5-9-10-7-4-2-1-3-6(7)8/h1-4H,5H2. The molecular weight excluding hydrogens is 140 g/mol. The zero-order chi connectivity index (χ0) is 7.68. The Morgan fingerprint density at radius 2 is 2.09 bits per heavy atom. The highest BCUT2D eigenvalue weighted by molar-refractivity contribution is 6.02. The van der Waals surface area contributed by atoms with E-state index in [1.807, 2.05) is 12.1 Å². The van der Waals surface area contributed by atoms with E-state index in [2.05, 4.69) is 10.2 Å². The minimum atomic E-state index is 0.0515. The van der Waals surface area contributed by atoms with Gasteiger partial charge < -0.3 is 0 Å². The number of carbonyl (C=O) groups excluding carboxylic acids is 1. The van der Waals surface area contributed by atoms with Gasteiger partial charge in [0.1, 0.15) is 6.54 Å². The molecule has 0 aliphatic carbocycles. The molecule has 3 heteroatoms. The van der Waals surface area contributed by atoms with Gasteiger partial charge in [0.25, 0.3) is 0 Å². The molecule has 0 bridgehead atoms. The minimum absolute atomic E-state index is 0.0515. The summed E-state index contributed by atoms with van der Waals surface area (Å²) in [5, 5.41) is 7.52. The first-order valence-electron chi connectivity index (χ1n) is 3.37. The van der Waals surface area contributed by atoms with Crippen LogP contribution in [0.3, 0.4) is 0 Å². The number of ketones is 1. The van der Waals surface area contributed by atoms with Crippen molar-refractivity contribution in [1.29, 1.82) is 0 Å². The first-order valence-corrected chi connectivity index (χ1v) is 3.37. The van der Waals surface area contributed by atoms with E-state index in [-0.39, 0.29) is 12.3 Å². The third-order valence-electron chi connectivity index (χ3n) is 1.60. The molecular formula is C8H6N2O. The summed E-state index contributed by atoms with van der Waals surface area (Å²) in [6.45, 7) is 0.191. The smallest absolute Gasteiger partial charge is 0.188 e. The van der Waals surface area contributed by atoms with Crippen molar-refractivity contribution in [1.82, 2.24) is 0 Å². The van der Waals surface area contributed by atoms with Gasteiger partial charge in [0.05, 0.1) is 5.69 Å². The lowest BCUT2D eigenvalue weighted by Crippen LogP contribution is -2.05. The summed E-state index contributed by atoms with van der Waals surface area (Å²) >= 11 is 0. The van der Waals surface area contributed by atoms with Crippen LogP contribution in [0.25, 0.3) is 0 Å². The second-order valence-electron chi connectivity index (χ2n) is 2.34. The van der Waals surface area contributed by atoms with Crippen LogP contribution in [-0.4, -0.2) is 12.3 Å². The van der Waals surface area contributed by atoms with E-state index in [0.717, 1.165) is 0 Å². The maximum atomic E-state index is 11.1. The molecule has 0 saturated heterocycles. The summed E-state index contributed by atoms with van der Waals surface area (Å²) in [5.41, 5.74) is 1.37. The largest absolute Gasteiger partial charge is 0.292 e. The monoisotopic (exact) mass is 146 g/mol. The minimum Gasteiger partial charge on any atom is -0.292 e. The van der Waals surface area contributed by atoms with Crippen molar-refractivity contribution in [2.24, 2.45) is 10.2 Å². The van der Waals surface area contributed by atoms with Crippen LogP contribution in [0.1, 0.15) is 10.4 Å². The number of azo groups is 1. The molecule has 1 aromatic carbocycles. The van der Waals surface area contributed by atoms with Crippen molar-refractivity contribution in [3.05, 3.63) is 29.8 Å². The van der Waals surface area contributed by atoms with Gasteiger partial charge in [-0.2, -0.15) is 10.2 Å². The lowest BCUT2D eigenvalue weighted by molar-refractivity contribution is 0.0998. The number of hydrogen-bond acceptors (Lipinski definition) is 3. The van der Waals surface area contributed by atoms with Crippen LogP contribution in [0.4, 0.5) is 5.69 Å². The fourth-order valence-corrected chi connectivity index (χ4v) is 1.06. The van der Waals surface area contributed by atoms with Gasteiger partial charge in [-0.3, -0.25) is 4.79 Å². The zero-order valence-electron chi connectivity index (χ0n) is 5.82. The summed E-state index contributed by atoms with van der Waals surface area (Å²) in [4.78, 5) is 11.1. The predicted molar refractivity (Wildman–Crippen MR) is 40.2 cm³/mol. The van der Waals surface area contributed by atoms with Crippen LogP contribution >= 0.6 is 0 Å². The van der Waals surface area contributed by atoms with Gasteiger partial charge in [-0.25, -0.2) is 0 Å². The normalized spacial score (nSPS) is 14.7. The van der Waals surface area contributed by atoms with Crippen LogP contribution in [-0.2, 0) is 0 Å². The first kappa shape index (κ1) is 6.22. The van der Waals surface area contributed by atoms with E-state index in [0.29, 0.717) is 11.3 Å². The number of carbonyl (C=O) groups is 1. The second-order valence-corrected chi connectivity index (χ2v) is 2.34. The zero-order valence-corrected chi connectivity index (χ0v) is 5.82. The van der Waals surface area contributed by atoms with Crippen molar-refractivity contribution in [3.63, 3.8) is 0 Å². The van der Waals surface area contributed by atoms with E-state index in [1.54, 1.807) is 12.1 Å². The van der Waals surface area contributed by atoms with Gasteiger partial charge in [0, 0.05) is 5.56 Å². The van der Waals surface area contributed by atoms with Gasteiger partial charge in [-0.05, 0) is 12.1 Å². The van der Waals surface area contributed by atoms with E-state index in [4.69, 9.17) is 0 Å². The molecule has 0 saturated carbocycles. The summed E-state index contributed by atoms with van der Waals surface area (Å²) in [5.74, 6) is 0.0515. The Morgan fingerprint density at radius 1 is 1.27 bits per heavy atom. The number of fused-ring (bicyclic) bond motifs is 1. The lowest BCUT2D eigenvalue weighted by atomic mass is 10.1. The third kappa shape index (κ3) is 0.941. The van der Waals surface area contributed by atoms with Gasteiger partial charge in [0.15, 0.2) is 5.78 Å². The predicted octanol–water partition coefficient (Wildman–Crippen LogP) is 1.97. The molecule has 0 unspecified atom stereocenters. The van der Waals surface area contributed by atoms with E-state index in [9.17, 15) is 4.79 Å². The summed E-state index contributed by atoms with van der Waals surface area (Å²) in [6, 6.07) is 7.24. The number of nitrogens with zero attached hydrogens (tertiary/aromatic N) is 2. The van der Waals surface area contributed by atoms with Crippen molar-refractivity contribution in [2.45, 2.75) is 0 Å². The molecule has 1 aliphatic rings. The van der Waals surface area contributed by atoms with Gasteiger partial charge in [0.2, 0.25) is 0 Å².